The van der Waals surface area contributed by atoms with Crippen molar-refractivity contribution in [1.29, 1.82) is 0 Å². The lowest BCUT2D eigenvalue weighted by atomic mass is 9.64. The molecule has 1 N–H and O–H groups in total. The molecule has 0 aliphatic carbocycles. The summed E-state index contributed by atoms with van der Waals surface area (Å²) < 4.78 is 0.800. The van der Waals surface area contributed by atoms with E-state index >= 15 is 0 Å². The zero-order valence-corrected chi connectivity index (χ0v) is 18.1. The van der Waals surface area contributed by atoms with Gasteiger partial charge in [-0.25, -0.2) is 0 Å². The first-order chi connectivity index (χ1) is 15.5. The highest BCUT2D eigenvalue weighted by Gasteiger charge is 2.55. The molecule has 3 aliphatic rings. The number of hydrogen-bond donors (Lipinski definition) is 1. The number of para-hydroxylation sites is 1. The highest BCUT2D eigenvalue weighted by molar-refractivity contribution is 5.40. The Labute approximate surface area is 188 Å². The fourth-order valence-corrected chi connectivity index (χ4v) is 6.15. The molecule has 0 spiro atoms. The fourth-order valence-electron chi connectivity index (χ4n) is 6.15. The maximum atomic E-state index is 12.4. The molecule has 3 heterocycles. The summed E-state index contributed by atoms with van der Waals surface area (Å²) in [6.07, 6.45) is 2.07. The first-order valence-electron chi connectivity index (χ1n) is 11.4. The topological polar surface area (TPSA) is 63.4 Å². The number of nitro groups is 1. The molecular formula is C27H29N2O3+. The number of nitrogens with zero attached hydrogens (tertiary/aromatic N) is 2. The van der Waals surface area contributed by atoms with Crippen molar-refractivity contribution in [3.63, 3.8) is 0 Å². The molecule has 5 nitrogen and oxygen atoms in total. The van der Waals surface area contributed by atoms with Crippen LogP contribution in [0.15, 0.2) is 84.9 Å². The van der Waals surface area contributed by atoms with E-state index in [1.165, 1.54) is 0 Å². The van der Waals surface area contributed by atoms with Gasteiger partial charge >= 0.3 is 0 Å². The summed E-state index contributed by atoms with van der Waals surface area (Å²) in [7, 11) is 0. The van der Waals surface area contributed by atoms with Gasteiger partial charge in [-0.2, -0.15) is 0 Å². The number of aliphatic hydroxyl groups is 1. The minimum absolute atomic E-state index is 0.0533. The van der Waals surface area contributed by atoms with Crippen molar-refractivity contribution in [2.75, 3.05) is 19.6 Å². The van der Waals surface area contributed by atoms with Gasteiger partial charge < -0.3 is 9.59 Å². The van der Waals surface area contributed by atoms with Crippen LogP contribution in [-0.2, 0) is 12.1 Å². The number of quaternary nitrogens is 1. The van der Waals surface area contributed by atoms with Crippen molar-refractivity contribution < 1.29 is 14.5 Å². The van der Waals surface area contributed by atoms with Crippen molar-refractivity contribution in [2.45, 2.75) is 25.0 Å². The van der Waals surface area contributed by atoms with Gasteiger partial charge in [0, 0.05) is 24.8 Å². The van der Waals surface area contributed by atoms with Crippen LogP contribution < -0.4 is 0 Å². The molecule has 164 valence electrons. The second-order valence-corrected chi connectivity index (χ2v) is 9.46. The molecule has 5 heteroatoms. The molecule has 3 fully saturated rings. The number of hydrogen-bond acceptors (Lipinski definition) is 3. The summed E-state index contributed by atoms with van der Waals surface area (Å²) in [5.41, 5.74) is 1.76. The Balaban J connectivity index is 1.55. The van der Waals surface area contributed by atoms with Gasteiger partial charge in [0.15, 0.2) is 0 Å². The average molecular weight is 430 g/mol. The van der Waals surface area contributed by atoms with Crippen molar-refractivity contribution in [3.05, 3.63) is 112 Å². The van der Waals surface area contributed by atoms with Gasteiger partial charge in [-0.15, -0.1) is 0 Å². The summed E-state index contributed by atoms with van der Waals surface area (Å²) in [6.45, 7) is 3.47. The van der Waals surface area contributed by atoms with Crippen LogP contribution in [0, 0.1) is 22.0 Å². The number of piperidine rings is 3. The summed E-state index contributed by atoms with van der Waals surface area (Å²) in [5, 5.41) is 24.0. The van der Waals surface area contributed by atoms with Crippen molar-refractivity contribution in [1.82, 2.24) is 0 Å². The molecule has 1 unspecified atom stereocenters. The van der Waals surface area contributed by atoms with E-state index in [2.05, 4.69) is 0 Å². The van der Waals surface area contributed by atoms with E-state index in [0.29, 0.717) is 12.5 Å². The highest BCUT2D eigenvalue weighted by atomic mass is 16.6. The molecule has 3 aliphatic heterocycles. The van der Waals surface area contributed by atoms with Crippen LogP contribution in [0.2, 0.25) is 0 Å². The number of fused-ring (bicyclic) bond motifs is 3. The molecule has 1 atom stereocenters. The van der Waals surface area contributed by atoms with Gasteiger partial charge in [-0.05, 0) is 23.1 Å². The van der Waals surface area contributed by atoms with Gasteiger partial charge in [-0.3, -0.25) is 10.1 Å². The SMILES string of the molecule is O=[N+]([O-])c1ccccc1C[N+]12CCC(CC1)C(C(O)(c1ccccc1)c1ccccc1)C2. The molecule has 2 bridgehead atoms. The van der Waals surface area contributed by atoms with Gasteiger partial charge in [-0.1, -0.05) is 72.8 Å². The van der Waals surface area contributed by atoms with Crippen molar-refractivity contribution in [3.8, 4) is 0 Å². The Bertz CT molecular complexity index is 1050. The standard InChI is InChI=1S/C27H29N2O3/c30-27(23-10-3-1-4-11-23,24-12-5-2-6-13-24)25-20-29(17-15-21(25)16-18-29)19-22-9-7-8-14-26(22)28(31)32/h1-14,21,25,30H,15-20H2/q+1. The Morgan fingerprint density at radius 1 is 0.875 bits per heavy atom. The third kappa shape index (κ3) is 3.51. The molecule has 0 saturated carbocycles. The van der Waals surface area contributed by atoms with Crippen LogP contribution in [0.3, 0.4) is 0 Å². The van der Waals surface area contributed by atoms with E-state index in [0.717, 1.165) is 53.6 Å². The zero-order valence-electron chi connectivity index (χ0n) is 18.1. The molecule has 32 heavy (non-hydrogen) atoms. The van der Waals surface area contributed by atoms with Crippen LogP contribution in [0.5, 0.6) is 0 Å². The number of rotatable bonds is 6. The third-order valence-corrected chi connectivity index (χ3v) is 7.76. The van der Waals surface area contributed by atoms with Crippen molar-refractivity contribution in [2.24, 2.45) is 11.8 Å². The Kier molecular flexibility index (Phi) is 5.31. The minimum Gasteiger partial charge on any atom is -0.380 e. The monoisotopic (exact) mass is 429 g/mol. The normalized spacial score (nSPS) is 24.9. The van der Waals surface area contributed by atoms with Crippen LogP contribution >= 0.6 is 0 Å². The predicted octanol–water partition coefficient (Wildman–Crippen LogP) is 4.89. The predicted molar refractivity (Wildman–Crippen MR) is 124 cm³/mol. The maximum Gasteiger partial charge on any atom is 0.278 e. The molecule has 6 rings (SSSR count). The zero-order chi connectivity index (χ0) is 22.2. The number of benzene rings is 3. The first kappa shape index (κ1) is 20.9. The average Bonchev–Trinajstić information content (AvgIpc) is 2.85. The van der Waals surface area contributed by atoms with Crippen molar-refractivity contribution >= 4 is 5.69 Å². The molecule has 3 aromatic rings. The lowest BCUT2D eigenvalue weighted by molar-refractivity contribution is -0.960. The van der Waals surface area contributed by atoms with Gasteiger partial charge in [0.25, 0.3) is 5.69 Å². The van der Waals surface area contributed by atoms with E-state index < -0.39 is 5.60 Å². The van der Waals surface area contributed by atoms with E-state index in [9.17, 15) is 15.2 Å². The summed E-state index contributed by atoms with van der Waals surface area (Å²) >= 11 is 0. The molecule has 3 saturated heterocycles. The lowest BCUT2D eigenvalue weighted by Crippen LogP contribution is -2.65. The Morgan fingerprint density at radius 3 is 1.97 bits per heavy atom. The van der Waals surface area contributed by atoms with Crippen LogP contribution in [-0.4, -0.2) is 34.1 Å². The van der Waals surface area contributed by atoms with E-state index in [1.54, 1.807) is 12.1 Å². The quantitative estimate of drug-likeness (QED) is 0.345. The largest absolute Gasteiger partial charge is 0.380 e. The third-order valence-electron chi connectivity index (χ3n) is 7.76. The second-order valence-electron chi connectivity index (χ2n) is 9.46. The fraction of sp³-hybridized carbons (Fsp3) is 0.333. The molecule has 0 aromatic heterocycles. The summed E-state index contributed by atoms with van der Waals surface area (Å²) in [6, 6.07) is 27.1. The van der Waals surface area contributed by atoms with E-state index in [4.69, 9.17) is 0 Å². The summed E-state index contributed by atoms with van der Waals surface area (Å²) in [4.78, 5) is 11.3. The first-order valence-corrected chi connectivity index (χ1v) is 11.4. The number of nitro benzene ring substituents is 1. The molecule has 0 radical (unpaired) electrons. The van der Waals surface area contributed by atoms with Crippen LogP contribution in [0.4, 0.5) is 5.69 Å². The van der Waals surface area contributed by atoms with E-state index in [1.807, 2.05) is 72.8 Å². The Hall–Kier alpha value is -3.02. The molecular weight excluding hydrogens is 400 g/mol. The van der Waals surface area contributed by atoms with Crippen LogP contribution in [0.1, 0.15) is 29.5 Å². The smallest absolute Gasteiger partial charge is 0.278 e. The van der Waals surface area contributed by atoms with Gasteiger partial charge in [0.1, 0.15) is 12.1 Å². The maximum absolute atomic E-state index is 12.4. The highest BCUT2D eigenvalue weighted by Crippen LogP contribution is 2.50. The van der Waals surface area contributed by atoms with Gasteiger partial charge in [0.05, 0.1) is 30.1 Å². The second kappa shape index (κ2) is 8.15. The van der Waals surface area contributed by atoms with Gasteiger partial charge in [0.2, 0.25) is 0 Å². The minimum atomic E-state index is -1.08. The molecule has 3 aromatic carbocycles. The summed E-state index contributed by atoms with van der Waals surface area (Å²) in [5.74, 6) is 0.490. The molecule has 0 amide bonds. The lowest BCUT2D eigenvalue weighted by Gasteiger charge is -2.56. The van der Waals surface area contributed by atoms with E-state index in [-0.39, 0.29) is 16.5 Å². The Morgan fingerprint density at radius 2 is 1.41 bits per heavy atom. The van der Waals surface area contributed by atoms with Crippen LogP contribution in [0.25, 0.3) is 0 Å².